The van der Waals surface area contributed by atoms with Gasteiger partial charge in [0.1, 0.15) is 0 Å². The fraction of sp³-hybridized carbons (Fsp3) is 0.545. The van der Waals surface area contributed by atoms with Crippen LogP contribution in [0.4, 0.5) is 0 Å². The number of rotatable bonds is 3. The van der Waals surface area contributed by atoms with E-state index in [4.69, 9.17) is 11.6 Å². The van der Waals surface area contributed by atoms with Crippen molar-refractivity contribution in [3.63, 3.8) is 0 Å². The van der Waals surface area contributed by atoms with Crippen LogP contribution >= 0.6 is 11.6 Å². The van der Waals surface area contributed by atoms with Crippen LogP contribution in [-0.4, -0.2) is 36.6 Å². The van der Waals surface area contributed by atoms with E-state index >= 15 is 0 Å². The number of hydrogen-bond donors (Lipinski definition) is 1. The zero-order valence-electron chi connectivity index (χ0n) is 10.4. The monoisotopic (exact) mass is 303 g/mol. The van der Waals surface area contributed by atoms with E-state index in [0.717, 1.165) is 38.1 Å². The van der Waals surface area contributed by atoms with Crippen LogP contribution in [0.2, 0.25) is 5.02 Å². The zero-order chi connectivity index (χ0) is 14.0. The average Bonchev–Trinajstić information content (AvgIpc) is 2.80. The van der Waals surface area contributed by atoms with Gasteiger partial charge >= 0.3 is 0 Å². The maximum Gasteiger partial charge on any atom is 0.271 e. The Morgan fingerprint density at radius 3 is 2.63 bits per heavy atom. The van der Waals surface area contributed by atoms with Crippen molar-refractivity contribution in [3.8, 4) is 0 Å². The Morgan fingerprint density at radius 2 is 2.05 bits per heavy atom. The van der Waals surface area contributed by atoms with Gasteiger partial charge in [-0.3, -0.25) is 4.79 Å². The molecule has 1 heterocycles. The highest BCUT2D eigenvalue weighted by molar-refractivity contribution is 7.90. The first kappa shape index (κ1) is 14.2. The summed E-state index contributed by atoms with van der Waals surface area (Å²) >= 11 is 5.85. The molecular weight excluding hydrogens is 290 g/mol. The van der Waals surface area contributed by atoms with Gasteiger partial charge < -0.3 is 5.32 Å². The van der Waals surface area contributed by atoms with Gasteiger partial charge in [0.2, 0.25) is 15.0 Å². The van der Waals surface area contributed by atoms with Gasteiger partial charge in [0.05, 0.1) is 11.2 Å². The maximum absolute atomic E-state index is 12.0. The fourth-order valence-corrected chi connectivity index (χ4v) is 2.69. The van der Waals surface area contributed by atoms with E-state index in [1.165, 1.54) is 0 Å². The van der Waals surface area contributed by atoms with E-state index in [1.807, 2.05) is 0 Å². The number of halogens is 1. The Morgan fingerprint density at radius 1 is 1.42 bits per heavy atom. The number of nitrogens with one attached hydrogen (secondary N) is 1. The number of nitrogens with zero attached hydrogens (tertiary/aromatic N) is 2. The second kappa shape index (κ2) is 5.42. The van der Waals surface area contributed by atoms with E-state index in [-0.39, 0.29) is 16.8 Å². The van der Waals surface area contributed by atoms with Crippen molar-refractivity contribution in [2.24, 2.45) is 0 Å². The second-order valence-corrected chi connectivity index (χ2v) is 6.89. The number of carbonyl (C=O) groups excluding carboxylic acids is 1. The summed E-state index contributed by atoms with van der Waals surface area (Å²) in [5.41, 5.74) is -0.0935. The van der Waals surface area contributed by atoms with Crippen LogP contribution in [0.1, 0.15) is 36.2 Å². The van der Waals surface area contributed by atoms with Gasteiger partial charge in [-0.25, -0.2) is 18.4 Å². The van der Waals surface area contributed by atoms with Crippen molar-refractivity contribution in [1.29, 1.82) is 0 Å². The van der Waals surface area contributed by atoms with E-state index in [2.05, 4.69) is 15.3 Å². The van der Waals surface area contributed by atoms with E-state index in [0.29, 0.717) is 0 Å². The molecular formula is C11H14ClN3O3S. The molecule has 0 spiro atoms. The molecule has 1 aliphatic carbocycles. The average molecular weight is 304 g/mol. The summed E-state index contributed by atoms with van der Waals surface area (Å²) in [6.45, 7) is 0. The molecule has 0 saturated heterocycles. The number of amides is 1. The zero-order valence-corrected chi connectivity index (χ0v) is 12.0. The summed E-state index contributed by atoms with van der Waals surface area (Å²) in [6, 6.07) is 0.111. The minimum Gasteiger partial charge on any atom is -0.348 e. The van der Waals surface area contributed by atoms with Crippen LogP contribution in [0.5, 0.6) is 0 Å². The largest absolute Gasteiger partial charge is 0.348 e. The third-order valence-electron chi connectivity index (χ3n) is 2.96. The van der Waals surface area contributed by atoms with Gasteiger partial charge in [0, 0.05) is 12.3 Å². The molecule has 1 aromatic rings. The first-order chi connectivity index (χ1) is 8.88. The summed E-state index contributed by atoms with van der Waals surface area (Å²) < 4.78 is 22.7. The first-order valence-electron chi connectivity index (χ1n) is 5.91. The lowest BCUT2D eigenvalue weighted by atomic mass is 10.2. The summed E-state index contributed by atoms with van der Waals surface area (Å²) in [7, 11) is -3.56. The molecule has 2 rings (SSSR count). The highest BCUT2D eigenvalue weighted by atomic mass is 35.5. The van der Waals surface area contributed by atoms with Gasteiger partial charge in [-0.05, 0) is 12.8 Å². The van der Waals surface area contributed by atoms with E-state index in [1.54, 1.807) is 0 Å². The van der Waals surface area contributed by atoms with Gasteiger partial charge in [-0.1, -0.05) is 24.4 Å². The van der Waals surface area contributed by atoms with E-state index < -0.39 is 20.9 Å². The number of aromatic nitrogens is 2. The minimum atomic E-state index is -3.56. The van der Waals surface area contributed by atoms with Gasteiger partial charge in [0.25, 0.3) is 5.91 Å². The molecule has 8 heteroatoms. The molecule has 6 nitrogen and oxygen atoms in total. The molecule has 1 N–H and O–H groups in total. The molecule has 1 aromatic heterocycles. The van der Waals surface area contributed by atoms with Crippen molar-refractivity contribution in [1.82, 2.24) is 15.3 Å². The molecule has 1 saturated carbocycles. The molecule has 0 radical (unpaired) electrons. The molecule has 0 bridgehead atoms. The summed E-state index contributed by atoms with van der Waals surface area (Å²) in [5, 5.41) is 2.46. The Balaban J connectivity index is 2.25. The molecule has 0 aliphatic heterocycles. The van der Waals surface area contributed by atoms with Gasteiger partial charge in [-0.15, -0.1) is 0 Å². The third-order valence-corrected chi connectivity index (χ3v) is 4.10. The fourth-order valence-electron chi connectivity index (χ4n) is 2.01. The topological polar surface area (TPSA) is 89.0 Å². The van der Waals surface area contributed by atoms with Gasteiger partial charge in [0.15, 0.2) is 5.69 Å². The number of sulfone groups is 1. The highest BCUT2D eigenvalue weighted by Crippen LogP contribution is 2.19. The standard InChI is InChI=1S/C11H14ClN3O3S/c1-19(17,18)11-13-6-8(12)9(15-11)10(16)14-7-4-2-3-5-7/h6-7H,2-5H2,1H3,(H,14,16). The number of carbonyl (C=O) groups is 1. The Bertz CT molecular complexity index is 597. The first-order valence-corrected chi connectivity index (χ1v) is 8.18. The van der Waals surface area contributed by atoms with Crippen LogP contribution in [0, 0.1) is 0 Å². The molecule has 1 aliphatic rings. The Labute approximate surface area is 116 Å². The third kappa shape index (κ3) is 3.42. The van der Waals surface area contributed by atoms with E-state index in [9.17, 15) is 13.2 Å². The summed E-state index contributed by atoms with van der Waals surface area (Å²) in [5.74, 6) is -0.454. The molecule has 0 unspecified atom stereocenters. The molecule has 104 valence electrons. The van der Waals surface area contributed by atoms with Crippen LogP contribution in [0.15, 0.2) is 11.4 Å². The predicted molar refractivity (Wildman–Crippen MR) is 69.9 cm³/mol. The molecule has 0 aromatic carbocycles. The van der Waals surface area contributed by atoms with Crippen LogP contribution in [0.3, 0.4) is 0 Å². The predicted octanol–water partition coefficient (Wildman–Crippen LogP) is 1.21. The molecule has 1 amide bonds. The molecule has 0 atom stereocenters. The number of hydrogen-bond acceptors (Lipinski definition) is 5. The molecule has 1 fully saturated rings. The minimum absolute atomic E-state index is 0.0443. The van der Waals surface area contributed by atoms with Crippen molar-refractivity contribution in [2.75, 3.05) is 6.26 Å². The van der Waals surface area contributed by atoms with Crippen molar-refractivity contribution >= 4 is 27.3 Å². The maximum atomic E-state index is 12.0. The summed E-state index contributed by atoms with van der Waals surface area (Å²) in [4.78, 5) is 19.4. The smallest absolute Gasteiger partial charge is 0.271 e. The van der Waals surface area contributed by atoms with Crippen molar-refractivity contribution in [2.45, 2.75) is 36.9 Å². The Hall–Kier alpha value is -1.21. The summed E-state index contributed by atoms with van der Waals surface area (Å²) in [6.07, 6.45) is 6.12. The van der Waals surface area contributed by atoms with Crippen LogP contribution in [0.25, 0.3) is 0 Å². The van der Waals surface area contributed by atoms with Crippen LogP contribution < -0.4 is 5.32 Å². The normalized spacial score (nSPS) is 16.5. The lowest BCUT2D eigenvalue weighted by molar-refractivity contribution is 0.0932. The van der Waals surface area contributed by atoms with Crippen molar-refractivity contribution < 1.29 is 13.2 Å². The molecule has 19 heavy (non-hydrogen) atoms. The lowest BCUT2D eigenvalue weighted by Gasteiger charge is -2.12. The SMILES string of the molecule is CS(=O)(=O)c1ncc(Cl)c(C(=O)NC2CCCC2)n1. The Kier molecular flexibility index (Phi) is 4.05. The van der Waals surface area contributed by atoms with Crippen LogP contribution in [-0.2, 0) is 9.84 Å². The van der Waals surface area contributed by atoms with Crippen molar-refractivity contribution in [3.05, 3.63) is 16.9 Å². The second-order valence-electron chi connectivity index (χ2n) is 4.58. The quantitative estimate of drug-likeness (QED) is 0.848. The lowest BCUT2D eigenvalue weighted by Crippen LogP contribution is -2.33. The van der Waals surface area contributed by atoms with Gasteiger partial charge in [-0.2, -0.15) is 0 Å². The highest BCUT2D eigenvalue weighted by Gasteiger charge is 2.22.